The van der Waals surface area contributed by atoms with Gasteiger partial charge >= 0.3 is 12.1 Å². The van der Waals surface area contributed by atoms with Gasteiger partial charge in [-0.15, -0.1) is 0 Å². The topological polar surface area (TPSA) is 170 Å². The summed E-state index contributed by atoms with van der Waals surface area (Å²) in [6.45, 7) is 14.9. The van der Waals surface area contributed by atoms with Crippen molar-refractivity contribution >= 4 is 52.7 Å². The molecule has 3 atom stereocenters. The number of ether oxygens (including phenoxy) is 2. The molecule has 324 valence electrons. The summed E-state index contributed by atoms with van der Waals surface area (Å²) in [7, 11) is 0. The van der Waals surface area contributed by atoms with E-state index in [9.17, 15) is 24.0 Å². The minimum atomic E-state index is -1.89. The Bertz CT molecular complexity index is 2300. The molecule has 0 saturated heterocycles. The van der Waals surface area contributed by atoms with Gasteiger partial charge in [-0.25, -0.2) is 14.0 Å². The zero-order valence-corrected chi connectivity index (χ0v) is 36.5. The van der Waals surface area contributed by atoms with Crippen molar-refractivity contribution in [1.82, 2.24) is 15.1 Å². The monoisotopic (exact) mass is 857 g/mol. The number of nitrogens with zero attached hydrogens (tertiary/aromatic N) is 3. The van der Waals surface area contributed by atoms with Crippen molar-refractivity contribution in [2.45, 2.75) is 104 Å². The fraction of sp³-hybridized carbons (Fsp3) is 0.435. The number of carbonyl (C=O) groups excluding carboxylic acids is 5. The number of oxime groups is 1. The Kier molecular flexibility index (Phi) is 12.7. The number of esters is 1. The summed E-state index contributed by atoms with van der Waals surface area (Å²) in [5, 5.41) is 6.69. The second-order valence-corrected chi connectivity index (χ2v) is 18.2. The lowest BCUT2D eigenvalue weighted by Gasteiger charge is -2.47. The van der Waals surface area contributed by atoms with Crippen molar-refractivity contribution in [2.75, 3.05) is 19.6 Å². The molecule has 3 heterocycles. The first kappa shape index (κ1) is 44.8. The van der Waals surface area contributed by atoms with Gasteiger partial charge in [0.1, 0.15) is 17.2 Å². The van der Waals surface area contributed by atoms with Crippen LogP contribution in [0.5, 0.6) is 0 Å². The van der Waals surface area contributed by atoms with Gasteiger partial charge in [0.25, 0.3) is 11.8 Å². The lowest BCUT2D eigenvalue weighted by Crippen LogP contribution is -2.62. The number of fused-ring (bicyclic) bond motifs is 1. The summed E-state index contributed by atoms with van der Waals surface area (Å²) in [6, 6.07) is 15.4. The van der Waals surface area contributed by atoms with Gasteiger partial charge < -0.3 is 35.2 Å². The Balaban J connectivity index is 1.36. The molecule has 0 saturated carbocycles. The molecule has 3 aliphatic heterocycles. The predicted molar refractivity (Wildman–Crippen MR) is 228 cm³/mol. The van der Waals surface area contributed by atoms with Gasteiger partial charge in [-0.2, -0.15) is 0 Å². The number of rotatable bonds is 9. The molecule has 13 nitrogen and oxygen atoms in total. The van der Waals surface area contributed by atoms with E-state index in [0.29, 0.717) is 30.5 Å². The Labute approximate surface area is 360 Å². The number of nitrogens with one attached hydrogen (secondary N) is 1. The number of hydrogen-bond acceptors (Lipinski definition) is 9. The first-order valence-corrected chi connectivity index (χ1v) is 20.7. The molecule has 6 rings (SSSR count). The second kappa shape index (κ2) is 17.3. The zero-order valence-electron chi connectivity index (χ0n) is 35.8. The highest BCUT2D eigenvalue weighted by Crippen LogP contribution is 2.45. The van der Waals surface area contributed by atoms with E-state index in [1.165, 1.54) is 29.2 Å². The predicted octanol–water partition coefficient (Wildman–Crippen LogP) is 6.91. The molecule has 15 heteroatoms. The maximum Gasteiger partial charge on any atom is 0.408 e. The quantitative estimate of drug-likeness (QED) is 0.219. The Morgan fingerprint density at radius 3 is 2.18 bits per heavy atom. The van der Waals surface area contributed by atoms with Crippen molar-refractivity contribution in [2.24, 2.45) is 16.8 Å². The van der Waals surface area contributed by atoms with Crippen molar-refractivity contribution in [3.8, 4) is 0 Å². The molecule has 3 aromatic rings. The smallest absolute Gasteiger partial charge is 0.408 e. The highest BCUT2D eigenvalue weighted by molar-refractivity contribution is 6.31. The van der Waals surface area contributed by atoms with E-state index in [-0.39, 0.29) is 53.2 Å². The van der Waals surface area contributed by atoms with Crippen LogP contribution in [0.25, 0.3) is 5.57 Å². The van der Waals surface area contributed by atoms with E-state index in [2.05, 4.69) is 10.5 Å². The summed E-state index contributed by atoms with van der Waals surface area (Å²) in [5.74, 6) is -3.16. The van der Waals surface area contributed by atoms with Crippen LogP contribution in [0.1, 0.15) is 106 Å². The minimum Gasteiger partial charge on any atom is -0.456 e. The summed E-state index contributed by atoms with van der Waals surface area (Å²) < 4.78 is 26.0. The molecule has 0 unspecified atom stereocenters. The maximum atomic E-state index is 15.0. The van der Waals surface area contributed by atoms with Gasteiger partial charge in [0, 0.05) is 31.6 Å². The summed E-state index contributed by atoms with van der Waals surface area (Å²) in [4.78, 5) is 77.3. The summed E-state index contributed by atoms with van der Waals surface area (Å²) in [5.41, 5.74) is 6.92. The van der Waals surface area contributed by atoms with Crippen molar-refractivity contribution in [3.05, 3.63) is 111 Å². The summed E-state index contributed by atoms with van der Waals surface area (Å²) in [6.07, 6.45) is 0.755. The van der Waals surface area contributed by atoms with Crippen molar-refractivity contribution < 1.29 is 42.7 Å². The Hall–Kier alpha value is -5.76. The maximum absolute atomic E-state index is 15.0. The van der Waals surface area contributed by atoms with Crippen LogP contribution in [-0.2, 0) is 40.7 Å². The third kappa shape index (κ3) is 9.29. The number of nitrogens with two attached hydrogens (primary N) is 1. The lowest BCUT2D eigenvalue weighted by molar-refractivity contribution is -0.153. The zero-order chi connectivity index (χ0) is 44.6. The molecule has 3 aliphatic rings. The molecule has 0 fully saturated rings. The summed E-state index contributed by atoms with van der Waals surface area (Å²) >= 11 is 6.04. The van der Waals surface area contributed by atoms with E-state index < -0.39 is 58.6 Å². The van der Waals surface area contributed by atoms with Crippen LogP contribution in [0.15, 0.2) is 71.9 Å². The number of hydrogen-bond donors (Lipinski definition) is 2. The van der Waals surface area contributed by atoms with Crippen LogP contribution in [-0.4, -0.2) is 88.3 Å². The van der Waals surface area contributed by atoms with E-state index in [1.54, 1.807) is 76.8 Å². The largest absolute Gasteiger partial charge is 0.456 e. The lowest BCUT2D eigenvalue weighted by atomic mass is 9.72. The number of alkyl carbamates (subject to hydrolysis) is 1. The molecule has 0 aromatic heterocycles. The third-order valence-corrected chi connectivity index (χ3v) is 11.1. The molecule has 4 amide bonds. The highest BCUT2D eigenvalue weighted by atomic mass is 35.5. The number of amides is 4. The first-order valence-electron chi connectivity index (χ1n) is 20.3. The molecule has 0 bridgehead atoms. The van der Waals surface area contributed by atoms with Crippen molar-refractivity contribution in [3.63, 3.8) is 0 Å². The average molecular weight is 858 g/mol. The van der Waals surface area contributed by atoms with E-state index >= 15 is 4.39 Å². The number of benzene rings is 3. The molecule has 61 heavy (non-hydrogen) atoms. The van der Waals surface area contributed by atoms with Crippen LogP contribution in [0, 0.1) is 11.7 Å². The van der Waals surface area contributed by atoms with Gasteiger partial charge in [-0.05, 0) is 112 Å². The third-order valence-electron chi connectivity index (χ3n) is 10.8. The molecule has 0 aliphatic carbocycles. The fourth-order valence-electron chi connectivity index (χ4n) is 8.04. The van der Waals surface area contributed by atoms with Crippen LogP contribution in [0.3, 0.4) is 0 Å². The van der Waals surface area contributed by atoms with Gasteiger partial charge in [0.05, 0.1) is 16.3 Å². The van der Waals surface area contributed by atoms with Gasteiger partial charge in [0.2, 0.25) is 12.0 Å². The SMILES string of the molecule is CC(C)[C@H](NC(=O)OC(C)(C)C)C(=O)N1CC=C(c2cccc3c2CCN(C(=O)[C@H]2CC(c4cccc(Cl)c4F)=NO2)[C@@]3(C(N)=O)c2ccc(C(=O)OC(C)(C)C)cc2)CC1. The molecule has 3 N–H and O–H groups in total. The molecular weight excluding hydrogens is 805 g/mol. The average Bonchev–Trinajstić information content (AvgIpc) is 3.68. The van der Waals surface area contributed by atoms with Crippen LogP contribution < -0.4 is 11.1 Å². The molecule has 3 aromatic carbocycles. The molecule has 0 radical (unpaired) electrons. The van der Waals surface area contributed by atoms with Crippen LogP contribution >= 0.6 is 11.6 Å². The Morgan fingerprint density at radius 2 is 1.57 bits per heavy atom. The standard InChI is InChI=1S/C46H53ClFN5O8/c1-26(2)38(50-43(58)60-45(6,7)8)40(55)52-22-19-27(20-23-52)30-11-9-13-33-31(30)21-24-53(39(54)36-25-35(51-61-36)32-12-10-14-34(47)37(32)48)46(33,42(49)57)29-17-15-28(16-18-29)41(56)59-44(3,4)5/h9-19,26,36,38H,20-25H2,1-8H3,(H2,49,57)(H,50,58)/t36-,38+,46+/m1/s1. The number of halogens is 2. The van der Waals surface area contributed by atoms with Crippen molar-refractivity contribution in [1.29, 1.82) is 0 Å². The van der Waals surface area contributed by atoms with Crippen LogP contribution in [0.4, 0.5) is 9.18 Å². The first-order chi connectivity index (χ1) is 28.6. The number of carbonyl (C=O) groups is 5. The van der Waals surface area contributed by atoms with E-state index in [4.69, 9.17) is 31.6 Å². The van der Waals surface area contributed by atoms with Gasteiger partial charge in [-0.3, -0.25) is 14.4 Å². The van der Waals surface area contributed by atoms with Gasteiger partial charge in [-0.1, -0.05) is 73.1 Å². The molecule has 0 spiro atoms. The Morgan fingerprint density at radius 1 is 0.918 bits per heavy atom. The molecular formula is C46H53ClFN5O8. The minimum absolute atomic E-state index is 0.0324. The van der Waals surface area contributed by atoms with E-state index in [0.717, 1.165) is 16.7 Å². The normalized spacial score (nSPS) is 19.6. The highest BCUT2D eigenvalue weighted by Gasteiger charge is 2.54. The van der Waals surface area contributed by atoms with Crippen LogP contribution in [0.2, 0.25) is 5.02 Å². The fourth-order valence-corrected chi connectivity index (χ4v) is 8.21. The van der Waals surface area contributed by atoms with E-state index in [1.807, 2.05) is 26.0 Å². The second-order valence-electron chi connectivity index (χ2n) is 17.8. The van der Waals surface area contributed by atoms with Gasteiger partial charge in [0.15, 0.2) is 11.4 Å². The number of primary amides is 1.